The number of carbonyl (C=O) groups excluding carboxylic acids is 1. The van der Waals surface area contributed by atoms with Crippen LogP contribution in [0.4, 0.5) is 5.69 Å². The molecule has 0 bridgehead atoms. The van der Waals surface area contributed by atoms with Crippen molar-refractivity contribution in [3.05, 3.63) is 59.7 Å². The van der Waals surface area contributed by atoms with Crippen LogP contribution >= 0.6 is 0 Å². The molecule has 1 aliphatic rings. The van der Waals surface area contributed by atoms with E-state index < -0.39 is 0 Å². The molecule has 0 radical (unpaired) electrons. The molecule has 1 atom stereocenters. The van der Waals surface area contributed by atoms with Crippen molar-refractivity contribution in [3.8, 4) is 5.75 Å². The number of aryl methyl sites for hydroxylation is 1. The Morgan fingerprint density at radius 3 is 2.77 bits per heavy atom. The monoisotopic (exact) mass is 354 g/mol. The van der Waals surface area contributed by atoms with Gasteiger partial charge in [0.1, 0.15) is 12.4 Å². The van der Waals surface area contributed by atoms with E-state index in [1.54, 1.807) is 7.11 Å². The molecule has 0 saturated heterocycles. The average molecular weight is 354 g/mol. The van der Waals surface area contributed by atoms with Crippen molar-refractivity contribution in [1.82, 2.24) is 5.32 Å². The molecule has 0 saturated carbocycles. The van der Waals surface area contributed by atoms with Crippen LogP contribution in [-0.2, 0) is 16.1 Å². The Hall–Kier alpha value is -2.53. The summed E-state index contributed by atoms with van der Waals surface area (Å²) in [4.78, 5) is 14.6. The van der Waals surface area contributed by atoms with Crippen LogP contribution in [0.1, 0.15) is 17.5 Å². The summed E-state index contributed by atoms with van der Waals surface area (Å²) in [6, 6.07) is 16.5. The largest absolute Gasteiger partial charge is 0.489 e. The number of nitrogens with one attached hydrogen (secondary N) is 1. The highest BCUT2D eigenvalue weighted by atomic mass is 16.5. The van der Waals surface area contributed by atoms with Crippen LogP contribution in [0.5, 0.6) is 5.75 Å². The Balaban J connectivity index is 1.76. The number of anilines is 1. The van der Waals surface area contributed by atoms with E-state index in [-0.39, 0.29) is 11.9 Å². The van der Waals surface area contributed by atoms with E-state index in [0.717, 1.165) is 18.0 Å². The predicted octanol–water partition coefficient (Wildman–Crippen LogP) is 2.92. The normalized spacial score (nSPS) is 15.9. The zero-order valence-electron chi connectivity index (χ0n) is 15.4. The Morgan fingerprint density at radius 1 is 1.23 bits per heavy atom. The minimum atomic E-state index is -0.00579. The average Bonchev–Trinajstić information content (AvgIpc) is 2.65. The lowest BCUT2D eigenvalue weighted by Gasteiger charge is -2.38. The molecule has 0 aromatic heterocycles. The molecule has 5 nitrogen and oxygen atoms in total. The number of benzene rings is 2. The molecule has 26 heavy (non-hydrogen) atoms. The van der Waals surface area contributed by atoms with Gasteiger partial charge in [0.2, 0.25) is 5.91 Å². The number of methoxy groups -OCH3 is 1. The standard InChI is InChI=1S/C21H26N2O3/c1-16-7-9-17(10-8-16)14-23-18(13-21(24)22-11-12-25-2)15-26-20-6-4-3-5-19(20)23/h3-10,18H,11-15H2,1-2H3,(H,22,24). The van der Waals surface area contributed by atoms with Gasteiger partial charge in [-0.05, 0) is 24.6 Å². The molecule has 1 unspecified atom stereocenters. The van der Waals surface area contributed by atoms with Crippen molar-refractivity contribution < 1.29 is 14.3 Å². The van der Waals surface area contributed by atoms with Crippen LogP contribution in [0.2, 0.25) is 0 Å². The molecule has 1 amide bonds. The first-order valence-electron chi connectivity index (χ1n) is 8.97. The van der Waals surface area contributed by atoms with Gasteiger partial charge in [-0.2, -0.15) is 0 Å². The highest BCUT2D eigenvalue weighted by Crippen LogP contribution is 2.35. The van der Waals surface area contributed by atoms with E-state index in [9.17, 15) is 4.79 Å². The molecule has 1 N–H and O–H groups in total. The molecule has 3 rings (SSSR count). The molecule has 1 heterocycles. The van der Waals surface area contributed by atoms with E-state index in [1.807, 2.05) is 18.2 Å². The van der Waals surface area contributed by atoms with Gasteiger partial charge in [0.25, 0.3) is 0 Å². The maximum Gasteiger partial charge on any atom is 0.222 e. The fourth-order valence-corrected chi connectivity index (χ4v) is 3.14. The van der Waals surface area contributed by atoms with E-state index in [4.69, 9.17) is 9.47 Å². The highest BCUT2D eigenvalue weighted by molar-refractivity contribution is 5.77. The Labute approximate surface area is 154 Å². The molecule has 138 valence electrons. The highest BCUT2D eigenvalue weighted by Gasteiger charge is 2.29. The second kappa shape index (κ2) is 8.72. The number of amides is 1. The van der Waals surface area contributed by atoms with E-state index >= 15 is 0 Å². The summed E-state index contributed by atoms with van der Waals surface area (Å²) >= 11 is 0. The number of rotatable bonds is 7. The van der Waals surface area contributed by atoms with Crippen molar-refractivity contribution >= 4 is 11.6 Å². The summed E-state index contributed by atoms with van der Waals surface area (Å²) in [5, 5.41) is 2.90. The molecule has 2 aromatic rings. The van der Waals surface area contributed by atoms with Gasteiger partial charge in [-0.1, -0.05) is 42.0 Å². The van der Waals surface area contributed by atoms with Gasteiger partial charge in [0, 0.05) is 20.2 Å². The van der Waals surface area contributed by atoms with E-state index in [2.05, 4.69) is 47.5 Å². The van der Waals surface area contributed by atoms with Crippen LogP contribution in [-0.4, -0.2) is 38.8 Å². The van der Waals surface area contributed by atoms with Crippen LogP contribution in [0, 0.1) is 6.92 Å². The summed E-state index contributed by atoms with van der Waals surface area (Å²) < 4.78 is 10.9. The number of fused-ring (bicyclic) bond motifs is 1. The zero-order valence-corrected chi connectivity index (χ0v) is 15.4. The molecular weight excluding hydrogens is 328 g/mol. The SMILES string of the molecule is COCCNC(=O)CC1COc2ccccc2N1Cc1ccc(C)cc1. The smallest absolute Gasteiger partial charge is 0.222 e. The van der Waals surface area contributed by atoms with Crippen molar-refractivity contribution in [1.29, 1.82) is 0 Å². The summed E-state index contributed by atoms with van der Waals surface area (Å²) in [5.74, 6) is 0.889. The Bertz CT molecular complexity index is 730. The number of hydrogen-bond donors (Lipinski definition) is 1. The van der Waals surface area contributed by atoms with Gasteiger partial charge in [0.15, 0.2) is 0 Å². The third-order valence-electron chi connectivity index (χ3n) is 4.57. The van der Waals surface area contributed by atoms with Crippen molar-refractivity contribution in [2.45, 2.75) is 25.9 Å². The lowest BCUT2D eigenvalue weighted by atomic mass is 10.1. The molecule has 0 spiro atoms. The lowest BCUT2D eigenvalue weighted by molar-refractivity contribution is -0.121. The van der Waals surface area contributed by atoms with Crippen LogP contribution in [0.15, 0.2) is 48.5 Å². The van der Waals surface area contributed by atoms with Crippen molar-refractivity contribution in [3.63, 3.8) is 0 Å². The topological polar surface area (TPSA) is 50.8 Å². The first-order chi connectivity index (χ1) is 12.7. The fourth-order valence-electron chi connectivity index (χ4n) is 3.14. The molecule has 1 aliphatic heterocycles. The molecule has 5 heteroatoms. The zero-order chi connectivity index (χ0) is 18.4. The van der Waals surface area contributed by atoms with Gasteiger partial charge >= 0.3 is 0 Å². The summed E-state index contributed by atoms with van der Waals surface area (Å²) in [6.07, 6.45) is 0.393. The summed E-state index contributed by atoms with van der Waals surface area (Å²) in [5.41, 5.74) is 3.50. The minimum Gasteiger partial charge on any atom is -0.489 e. The van der Waals surface area contributed by atoms with Crippen molar-refractivity contribution in [2.24, 2.45) is 0 Å². The number of hydrogen-bond acceptors (Lipinski definition) is 4. The predicted molar refractivity (Wildman–Crippen MR) is 103 cm³/mol. The van der Waals surface area contributed by atoms with Crippen LogP contribution < -0.4 is 15.0 Å². The van der Waals surface area contributed by atoms with Gasteiger partial charge in [-0.25, -0.2) is 0 Å². The lowest BCUT2D eigenvalue weighted by Crippen LogP contribution is -2.45. The summed E-state index contributed by atoms with van der Waals surface area (Å²) in [6.45, 7) is 4.37. The van der Waals surface area contributed by atoms with Gasteiger partial charge in [-0.3, -0.25) is 4.79 Å². The first-order valence-corrected chi connectivity index (χ1v) is 8.97. The van der Waals surface area contributed by atoms with Gasteiger partial charge < -0.3 is 19.7 Å². The second-order valence-electron chi connectivity index (χ2n) is 6.59. The Kier molecular flexibility index (Phi) is 6.12. The quantitative estimate of drug-likeness (QED) is 0.777. The second-order valence-corrected chi connectivity index (χ2v) is 6.59. The number of para-hydroxylation sites is 2. The number of carbonyl (C=O) groups is 1. The molecular formula is C21H26N2O3. The number of ether oxygens (including phenoxy) is 2. The maximum absolute atomic E-state index is 12.3. The van der Waals surface area contributed by atoms with E-state index in [1.165, 1.54) is 11.1 Å². The third-order valence-corrected chi connectivity index (χ3v) is 4.57. The maximum atomic E-state index is 12.3. The molecule has 2 aromatic carbocycles. The molecule has 0 aliphatic carbocycles. The number of nitrogens with zero attached hydrogens (tertiary/aromatic N) is 1. The molecule has 0 fully saturated rings. The minimum absolute atomic E-state index is 0.00579. The Morgan fingerprint density at radius 2 is 2.00 bits per heavy atom. The third kappa shape index (κ3) is 4.55. The summed E-state index contributed by atoms with van der Waals surface area (Å²) in [7, 11) is 1.63. The van der Waals surface area contributed by atoms with Crippen molar-refractivity contribution in [2.75, 3.05) is 31.8 Å². The van der Waals surface area contributed by atoms with Gasteiger partial charge in [0.05, 0.1) is 24.8 Å². The fraction of sp³-hybridized carbons (Fsp3) is 0.381. The van der Waals surface area contributed by atoms with Crippen LogP contribution in [0.3, 0.4) is 0 Å². The van der Waals surface area contributed by atoms with E-state index in [0.29, 0.717) is 26.2 Å². The van der Waals surface area contributed by atoms with Crippen LogP contribution in [0.25, 0.3) is 0 Å². The van der Waals surface area contributed by atoms with Gasteiger partial charge in [-0.15, -0.1) is 0 Å². The first kappa shape index (κ1) is 18.3.